The molecule has 3 aromatic rings. The molecule has 0 aromatic heterocycles. The van der Waals surface area contributed by atoms with E-state index in [1.807, 2.05) is 32.0 Å². The van der Waals surface area contributed by atoms with Gasteiger partial charge < -0.3 is 10.6 Å². The number of hydrogen-bond donors (Lipinski definition) is 2. The van der Waals surface area contributed by atoms with Crippen molar-refractivity contribution in [1.82, 2.24) is 0 Å². The first-order valence-corrected chi connectivity index (χ1v) is 9.25. The average Bonchev–Trinajstić information content (AvgIpc) is 2.71. The van der Waals surface area contributed by atoms with E-state index in [4.69, 9.17) is 0 Å². The van der Waals surface area contributed by atoms with E-state index >= 15 is 0 Å². The minimum Gasteiger partial charge on any atom is -0.322 e. The number of aryl methyl sites for hydroxylation is 2. The summed E-state index contributed by atoms with van der Waals surface area (Å²) in [7, 11) is 0. The van der Waals surface area contributed by atoms with Crippen molar-refractivity contribution in [2.75, 3.05) is 10.6 Å². The summed E-state index contributed by atoms with van der Waals surface area (Å²) in [6.45, 7) is 5.34. The third-order valence-corrected chi connectivity index (χ3v) is 4.63. The number of carbonyl (C=O) groups is 3. The number of hydrogen-bond acceptors (Lipinski definition) is 3. The van der Waals surface area contributed by atoms with Crippen LogP contribution in [0.25, 0.3) is 0 Å². The fraction of sp³-hybridized carbons (Fsp3) is 0.125. The molecule has 3 aromatic carbocycles. The topological polar surface area (TPSA) is 75.3 Å². The molecule has 146 valence electrons. The molecule has 2 amide bonds. The second kappa shape index (κ2) is 8.52. The van der Waals surface area contributed by atoms with Crippen LogP contribution >= 0.6 is 0 Å². The molecular weight excluding hydrogens is 364 g/mol. The molecule has 5 nitrogen and oxygen atoms in total. The summed E-state index contributed by atoms with van der Waals surface area (Å²) >= 11 is 0. The van der Waals surface area contributed by atoms with Crippen LogP contribution in [0, 0.1) is 13.8 Å². The quantitative estimate of drug-likeness (QED) is 0.605. The highest BCUT2D eigenvalue weighted by Gasteiger charge is 2.13. The lowest BCUT2D eigenvalue weighted by Gasteiger charge is -2.12. The molecule has 0 aliphatic heterocycles. The summed E-state index contributed by atoms with van der Waals surface area (Å²) in [6.07, 6.45) is 0. The van der Waals surface area contributed by atoms with Crippen LogP contribution in [0.1, 0.15) is 49.1 Å². The van der Waals surface area contributed by atoms with Gasteiger partial charge in [-0.05, 0) is 62.2 Å². The van der Waals surface area contributed by atoms with Gasteiger partial charge in [-0.15, -0.1) is 0 Å². The highest BCUT2D eigenvalue weighted by atomic mass is 16.2. The number of benzene rings is 3. The van der Waals surface area contributed by atoms with Gasteiger partial charge in [-0.2, -0.15) is 0 Å². The zero-order valence-corrected chi connectivity index (χ0v) is 16.6. The Morgan fingerprint density at radius 1 is 0.655 bits per heavy atom. The van der Waals surface area contributed by atoms with Gasteiger partial charge in [-0.3, -0.25) is 14.4 Å². The monoisotopic (exact) mass is 386 g/mol. The zero-order valence-electron chi connectivity index (χ0n) is 16.6. The van der Waals surface area contributed by atoms with Crippen LogP contribution in [0.4, 0.5) is 11.4 Å². The highest BCUT2D eigenvalue weighted by molar-refractivity contribution is 6.09. The predicted octanol–water partition coefficient (Wildman–Crippen LogP) is 5.01. The van der Waals surface area contributed by atoms with Crippen LogP contribution in [0.3, 0.4) is 0 Å². The summed E-state index contributed by atoms with van der Waals surface area (Å²) in [5.74, 6) is -0.714. The van der Waals surface area contributed by atoms with Crippen LogP contribution in [-0.2, 0) is 0 Å². The second-order valence-corrected chi connectivity index (χ2v) is 6.89. The van der Waals surface area contributed by atoms with E-state index in [1.54, 1.807) is 48.5 Å². The Bertz CT molecular complexity index is 1080. The number of nitrogens with one attached hydrogen (secondary N) is 2. The Morgan fingerprint density at radius 3 is 1.79 bits per heavy atom. The molecule has 0 fully saturated rings. The number of amides is 2. The van der Waals surface area contributed by atoms with E-state index in [0.29, 0.717) is 22.4 Å². The summed E-state index contributed by atoms with van der Waals surface area (Å²) < 4.78 is 0. The Morgan fingerprint density at radius 2 is 1.17 bits per heavy atom. The number of Topliss-reactive ketones (excluding diaryl/α,β-unsaturated/α-hetero) is 1. The number of carbonyl (C=O) groups excluding carboxylic acids is 3. The molecule has 5 heteroatoms. The molecule has 0 radical (unpaired) electrons. The van der Waals surface area contributed by atoms with Crippen molar-refractivity contribution in [2.24, 2.45) is 0 Å². The van der Waals surface area contributed by atoms with Crippen molar-refractivity contribution in [3.05, 3.63) is 94.5 Å². The van der Waals surface area contributed by atoms with Crippen LogP contribution < -0.4 is 10.6 Å². The molecule has 0 spiro atoms. The van der Waals surface area contributed by atoms with E-state index in [1.165, 1.54) is 6.92 Å². The maximum Gasteiger partial charge on any atom is 0.255 e. The lowest BCUT2D eigenvalue weighted by atomic mass is 10.1. The molecule has 0 saturated heterocycles. The molecule has 0 heterocycles. The van der Waals surface area contributed by atoms with Gasteiger partial charge in [0.15, 0.2) is 5.78 Å². The Labute approximate surface area is 169 Å². The molecular formula is C24H22N2O3. The summed E-state index contributed by atoms with van der Waals surface area (Å²) in [4.78, 5) is 36.8. The van der Waals surface area contributed by atoms with Gasteiger partial charge >= 0.3 is 0 Å². The fourth-order valence-electron chi connectivity index (χ4n) is 3.02. The van der Waals surface area contributed by atoms with Gasteiger partial charge in [0.25, 0.3) is 11.8 Å². The van der Waals surface area contributed by atoms with E-state index < -0.39 is 0 Å². The van der Waals surface area contributed by atoms with E-state index in [2.05, 4.69) is 10.6 Å². The first-order chi connectivity index (χ1) is 13.8. The summed E-state index contributed by atoms with van der Waals surface area (Å²) in [5, 5.41) is 5.69. The van der Waals surface area contributed by atoms with E-state index in [-0.39, 0.29) is 17.6 Å². The SMILES string of the molecule is CC(=O)c1cccc(NC(=O)c2cccc(C(=O)Nc3c(C)cccc3C)c2)c1. The lowest BCUT2D eigenvalue weighted by Crippen LogP contribution is -2.16. The van der Waals surface area contributed by atoms with Crippen LogP contribution in [0.5, 0.6) is 0 Å². The van der Waals surface area contributed by atoms with Crippen molar-refractivity contribution < 1.29 is 14.4 Å². The normalized spacial score (nSPS) is 10.3. The van der Waals surface area contributed by atoms with Crippen molar-refractivity contribution >= 4 is 29.0 Å². The zero-order chi connectivity index (χ0) is 21.0. The Balaban J connectivity index is 1.78. The van der Waals surface area contributed by atoms with Crippen LogP contribution in [-0.4, -0.2) is 17.6 Å². The molecule has 3 rings (SSSR count). The number of para-hydroxylation sites is 1. The van der Waals surface area contributed by atoms with Crippen molar-refractivity contribution in [3.63, 3.8) is 0 Å². The predicted molar refractivity (Wildman–Crippen MR) is 115 cm³/mol. The largest absolute Gasteiger partial charge is 0.322 e. The standard InChI is InChI=1S/C24H22N2O3/c1-15-7-4-8-16(2)22(15)26-24(29)20-11-5-10-19(13-20)23(28)25-21-12-6-9-18(14-21)17(3)27/h4-14H,1-3H3,(H,25,28)(H,26,29). The van der Waals surface area contributed by atoms with Gasteiger partial charge in [0, 0.05) is 28.1 Å². The molecule has 0 atom stereocenters. The molecule has 29 heavy (non-hydrogen) atoms. The highest BCUT2D eigenvalue weighted by Crippen LogP contribution is 2.21. The molecule has 0 saturated carbocycles. The lowest BCUT2D eigenvalue weighted by molar-refractivity contribution is 0.100. The first kappa shape index (κ1) is 20.0. The Hall–Kier alpha value is -3.73. The van der Waals surface area contributed by atoms with E-state index in [0.717, 1.165) is 16.8 Å². The third-order valence-electron chi connectivity index (χ3n) is 4.63. The maximum atomic E-state index is 12.7. The third kappa shape index (κ3) is 4.76. The van der Waals surface area contributed by atoms with E-state index in [9.17, 15) is 14.4 Å². The van der Waals surface area contributed by atoms with Gasteiger partial charge in [0.1, 0.15) is 0 Å². The molecule has 0 unspecified atom stereocenters. The van der Waals surface area contributed by atoms with Crippen LogP contribution in [0.2, 0.25) is 0 Å². The molecule has 2 N–H and O–H groups in total. The fourth-order valence-corrected chi connectivity index (χ4v) is 3.02. The van der Waals surface area contributed by atoms with Gasteiger partial charge in [-0.1, -0.05) is 36.4 Å². The number of rotatable bonds is 5. The van der Waals surface area contributed by atoms with Crippen molar-refractivity contribution in [2.45, 2.75) is 20.8 Å². The minimum atomic E-state index is -0.354. The summed E-state index contributed by atoms with van der Waals surface area (Å²) in [6, 6.07) is 19.1. The number of ketones is 1. The molecule has 0 aliphatic carbocycles. The van der Waals surface area contributed by atoms with Gasteiger partial charge in [0.05, 0.1) is 0 Å². The molecule has 0 aliphatic rings. The van der Waals surface area contributed by atoms with Crippen molar-refractivity contribution in [3.8, 4) is 0 Å². The average molecular weight is 386 g/mol. The first-order valence-electron chi connectivity index (χ1n) is 9.25. The Kier molecular flexibility index (Phi) is 5.88. The second-order valence-electron chi connectivity index (χ2n) is 6.89. The smallest absolute Gasteiger partial charge is 0.255 e. The van der Waals surface area contributed by atoms with Crippen molar-refractivity contribution in [1.29, 1.82) is 0 Å². The van der Waals surface area contributed by atoms with Crippen LogP contribution in [0.15, 0.2) is 66.7 Å². The summed E-state index contributed by atoms with van der Waals surface area (Å²) in [5.41, 5.74) is 4.49. The maximum absolute atomic E-state index is 12.7. The molecule has 0 bridgehead atoms. The number of anilines is 2. The van der Waals surface area contributed by atoms with Gasteiger partial charge in [0.2, 0.25) is 0 Å². The van der Waals surface area contributed by atoms with Gasteiger partial charge in [-0.25, -0.2) is 0 Å². The minimum absolute atomic E-state index is 0.0775.